The van der Waals surface area contributed by atoms with Crippen molar-refractivity contribution < 1.29 is 22.8 Å². The van der Waals surface area contributed by atoms with E-state index < -0.39 is 33.4 Å². The van der Waals surface area contributed by atoms with Crippen molar-refractivity contribution in [3.8, 4) is 0 Å². The second-order valence-corrected chi connectivity index (χ2v) is 8.80. The Kier molecular flexibility index (Phi) is 6.42. The van der Waals surface area contributed by atoms with Crippen LogP contribution in [0.3, 0.4) is 0 Å². The van der Waals surface area contributed by atoms with Crippen LogP contribution in [0.2, 0.25) is 0 Å². The van der Waals surface area contributed by atoms with Gasteiger partial charge in [-0.15, -0.1) is 0 Å². The standard InChI is InChI=1S/C21H24N4O5S/c1-2-21(16-6-4-3-5-7-16)19(27)25(20(28)24-21)14-18(26)23-13-12-15-8-10-17(11-9-15)31(22,29)30/h3-11H,2,12-14H2,1H3,(H,23,26)(H,24,28)(H2,22,29,30)/t21-/m0/s1. The Morgan fingerprint density at radius 3 is 2.32 bits per heavy atom. The Labute approximate surface area is 180 Å². The summed E-state index contributed by atoms with van der Waals surface area (Å²) in [4.78, 5) is 38.7. The summed E-state index contributed by atoms with van der Waals surface area (Å²) < 4.78 is 22.6. The van der Waals surface area contributed by atoms with Gasteiger partial charge in [-0.05, 0) is 36.1 Å². The molecule has 10 heteroatoms. The number of primary sulfonamides is 1. The van der Waals surface area contributed by atoms with Crippen LogP contribution in [0, 0.1) is 0 Å². The number of nitrogens with two attached hydrogens (primary N) is 1. The molecule has 1 aliphatic rings. The maximum atomic E-state index is 13.0. The molecule has 0 unspecified atom stereocenters. The zero-order valence-corrected chi connectivity index (χ0v) is 17.8. The zero-order chi connectivity index (χ0) is 22.6. The zero-order valence-electron chi connectivity index (χ0n) is 17.0. The van der Waals surface area contributed by atoms with Gasteiger partial charge in [0.15, 0.2) is 0 Å². The van der Waals surface area contributed by atoms with Gasteiger partial charge in [-0.25, -0.2) is 18.4 Å². The van der Waals surface area contributed by atoms with Crippen LogP contribution in [0.25, 0.3) is 0 Å². The van der Waals surface area contributed by atoms with E-state index in [-0.39, 0.29) is 18.0 Å². The molecule has 0 saturated carbocycles. The third-order valence-corrected chi connectivity index (χ3v) is 6.19. The van der Waals surface area contributed by atoms with Gasteiger partial charge in [-0.2, -0.15) is 0 Å². The normalized spacial score (nSPS) is 18.7. The molecule has 2 aromatic carbocycles. The Bertz CT molecular complexity index is 1090. The molecule has 1 fully saturated rings. The van der Waals surface area contributed by atoms with Crippen molar-refractivity contribution in [3.05, 3.63) is 65.7 Å². The minimum atomic E-state index is -3.75. The van der Waals surface area contributed by atoms with Gasteiger partial charge in [-0.3, -0.25) is 14.5 Å². The summed E-state index contributed by atoms with van der Waals surface area (Å²) in [6, 6.07) is 14.3. The molecule has 0 radical (unpaired) electrons. The number of benzene rings is 2. The molecular formula is C21H24N4O5S. The summed E-state index contributed by atoms with van der Waals surface area (Å²) in [7, 11) is -3.75. The Morgan fingerprint density at radius 1 is 1.10 bits per heavy atom. The average molecular weight is 445 g/mol. The highest BCUT2D eigenvalue weighted by Gasteiger charge is 2.51. The van der Waals surface area contributed by atoms with Crippen molar-refractivity contribution in [2.24, 2.45) is 5.14 Å². The number of sulfonamides is 1. The number of carbonyl (C=O) groups excluding carboxylic acids is 3. The van der Waals surface area contributed by atoms with Crippen molar-refractivity contribution in [3.63, 3.8) is 0 Å². The first kappa shape index (κ1) is 22.4. The molecule has 2 aromatic rings. The van der Waals surface area contributed by atoms with Crippen LogP contribution in [0.4, 0.5) is 4.79 Å². The van der Waals surface area contributed by atoms with E-state index in [2.05, 4.69) is 10.6 Å². The minimum absolute atomic E-state index is 0.0108. The smallest absolute Gasteiger partial charge is 0.325 e. The lowest BCUT2D eigenvalue weighted by Crippen LogP contribution is -2.45. The Balaban J connectivity index is 1.58. The summed E-state index contributed by atoms with van der Waals surface area (Å²) in [6.07, 6.45) is 0.800. The molecular weight excluding hydrogens is 420 g/mol. The lowest BCUT2D eigenvalue weighted by molar-refractivity contribution is -0.135. The number of nitrogens with zero attached hydrogens (tertiary/aromatic N) is 1. The third kappa shape index (κ3) is 4.75. The van der Waals surface area contributed by atoms with E-state index in [1.54, 1.807) is 43.3 Å². The summed E-state index contributed by atoms with van der Waals surface area (Å²) in [6.45, 7) is 1.67. The highest BCUT2D eigenvalue weighted by molar-refractivity contribution is 7.89. The number of hydrogen-bond acceptors (Lipinski definition) is 5. The minimum Gasteiger partial charge on any atom is -0.354 e. The van der Waals surface area contributed by atoms with E-state index in [0.29, 0.717) is 18.4 Å². The van der Waals surface area contributed by atoms with Crippen molar-refractivity contribution in [2.45, 2.75) is 30.2 Å². The van der Waals surface area contributed by atoms with Gasteiger partial charge in [0.05, 0.1) is 4.90 Å². The van der Waals surface area contributed by atoms with Crippen molar-refractivity contribution in [1.29, 1.82) is 0 Å². The molecule has 1 heterocycles. The van der Waals surface area contributed by atoms with Gasteiger partial charge < -0.3 is 10.6 Å². The number of nitrogens with one attached hydrogen (secondary N) is 2. The van der Waals surface area contributed by atoms with Gasteiger partial charge in [0.2, 0.25) is 15.9 Å². The maximum absolute atomic E-state index is 13.0. The summed E-state index contributed by atoms with van der Waals surface area (Å²) in [5, 5.41) is 10.5. The monoisotopic (exact) mass is 444 g/mol. The summed E-state index contributed by atoms with van der Waals surface area (Å²) >= 11 is 0. The molecule has 0 aromatic heterocycles. The van der Waals surface area contributed by atoms with E-state index in [4.69, 9.17) is 5.14 Å². The van der Waals surface area contributed by atoms with Gasteiger partial charge in [0.1, 0.15) is 12.1 Å². The van der Waals surface area contributed by atoms with Crippen molar-refractivity contribution in [2.75, 3.05) is 13.1 Å². The highest BCUT2D eigenvalue weighted by atomic mass is 32.2. The number of amides is 4. The molecule has 9 nitrogen and oxygen atoms in total. The van der Waals surface area contributed by atoms with Crippen molar-refractivity contribution >= 4 is 27.9 Å². The van der Waals surface area contributed by atoms with Crippen LogP contribution in [0.5, 0.6) is 0 Å². The molecule has 1 aliphatic heterocycles. The Morgan fingerprint density at radius 2 is 1.74 bits per heavy atom. The topological polar surface area (TPSA) is 139 Å². The number of hydrogen-bond donors (Lipinski definition) is 3. The van der Waals surface area contributed by atoms with E-state index in [0.717, 1.165) is 10.5 Å². The number of imide groups is 1. The van der Waals surface area contributed by atoms with E-state index >= 15 is 0 Å². The van der Waals surface area contributed by atoms with Gasteiger partial charge in [0, 0.05) is 6.54 Å². The SMILES string of the molecule is CC[C@@]1(c2ccccc2)NC(=O)N(CC(=O)NCCc2ccc(S(N)(=O)=O)cc2)C1=O. The van der Waals surface area contributed by atoms with Crippen molar-refractivity contribution in [1.82, 2.24) is 15.5 Å². The lowest BCUT2D eigenvalue weighted by atomic mass is 9.87. The van der Waals surface area contributed by atoms with Crippen LogP contribution in [-0.4, -0.2) is 44.3 Å². The molecule has 1 saturated heterocycles. The van der Waals surface area contributed by atoms with E-state index in [1.165, 1.54) is 12.1 Å². The number of carbonyl (C=O) groups is 3. The van der Waals surface area contributed by atoms with Crippen LogP contribution in [0.1, 0.15) is 24.5 Å². The molecule has 0 spiro atoms. The van der Waals surface area contributed by atoms with Crippen LogP contribution in [-0.2, 0) is 31.6 Å². The molecule has 1 atom stereocenters. The van der Waals surface area contributed by atoms with Crippen LogP contribution in [0.15, 0.2) is 59.5 Å². The fourth-order valence-electron chi connectivity index (χ4n) is 3.52. The molecule has 4 amide bonds. The van der Waals surface area contributed by atoms with E-state index in [9.17, 15) is 22.8 Å². The second kappa shape index (κ2) is 8.86. The molecule has 4 N–H and O–H groups in total. The fourth-order valence-corrected chi connectivity index (χ4v) is 4.04. The van der Waals surface area contributed by atoms with E-state index in [1.807, 2.05) is 6.07 Å². The van der Waals surface area contributed by atoms with Gasteiger partial charge in [-0.1, -0.05) is 49.4 Å². The first-order valence-corrected chi connectivity index (χ1v) is 11.3. The molecule has 31 heavy (non-hydrogen) atoms. The summed E-state index contributed by atoms with van der Waals surface area (Å²) in [5.41, 5.74) is 0.294. The quantitative estimate of drug-likeness (QED) is 0.518. The van der Waals surface area contributed by atoms with Crippen LogP contribution < -0.4 is 15.8 Å². The first-order valence-electron chi connectivity index (χ1n) is 9.75. The molecule has 164 valence electrons. The Hall–Kier alpha value is -3.24. The molecule has 0 bridgehead atoms. The number of urea groups is 1. The average Bonchev–Trinajstić information content (AvgIpc) is 2.99. The largest absolute Gasteiger partial charge is 0.354 e. The molecule has 3 rings (SSSR count). The molecule has 0 aliphatic carbocycles. The predicted molar refractivity (Wildman–Crippen MR) is 113 cm³/mol. The van der Waals surface area contributed by atoms with Crippen LogP contribution >= 0.6 is 0 Å². The predicted octanol–water partition coefficient (Wildman–Crippen LogP) is 0.850. The maximum Gasteiger partial charge on any atom is 0.325 e. The highest BCUT2D eigenvalue weighted by Crippen LogP contribution is 2.32. The fraction of sp³-hybridized carbons (Fsp3) is 0.286. The lowest BCUT2D eigenvalue weighted by Gasteiger charge is -2.25. The van der Waals surface area contributed by atoms with Gasteiger partial charge >= 0.3 is 6.03 Å². The summed E-state index contributed by atoms with van der Waals surface area (Å²) in [5.74, 6) is -0.926. The third-order valence-electron chi connectivity index (χ3n) is 5.26. The van der Waals surface area contributed by atoms with Gasteiger partial charge in [0.25, 0.3) is 5.91 Å². The second-order valence-electron chi connectivity index (χ2n) is 7.24. The first-order chi connectivity index (χ1) is 14.7. The number of rotatable bonds is 8.